The number of primary amides is 1. The Bertz CT molecular complexity index is 1010. The predicted molar refractivity (Wildman–Crippen MR) is 115 cm³/mol. The Kier molecular flexibility index (Phi) is 6.46. The fraction of sp³-hybridized carbons (Fsp3) is 0.550. The molecule has 3 amide bonds. The van der Waals surface area contributed by atoms with Crippen molar-refractivity contribution < 1.29 is 31.7 Å². The minimum atomic E-state index is -4.10. The zero-order valence-corrected chi connectivity index (χ0v) is 19.5. The van der Waals surface area contributed by atoms with Crippen molar-refractivity contribution in [2.45, 2.75) is 48.8 Å². The molecule has 3 aliphatic rings. The fourth-order valence-electron chi connectivity index (χ4n) is 4.45. The summed E-state index contributed by atoms with van der Waals surface area (Å²) >= 11 is 3.23. The van der Waals surface area contributed by atoms with E-state index in [0.29, 0.717) is 16.3 Å². The molecule has 174 valence electrons. The summed E-state index contributed by atoms with van der Waals surface area (Å²) in [6.45, 7) is -0.542. The second kappa shape index (κ2) is 8.99. The average Bonchev–Trinajstić information content (AvgIpc) is 3.13. The number of hydrogen-bond donors (Lipinski definition) is 2. The molecule has 2 saturated carbocycles. The van der Waals surface area contributed by atoms with Gasteiger partial charge >= 0.3 is 6.09 Å². The van der Waals surface area contributed by atoms with Crippen LogP contribution in [-0.4, -0.2) is 62.6 Å². The molecule has 1 saturated heterocycles. The normalized spacial score (nSPS) is 28.8. The number of likely N-dealkylation sites (tertiary alicyclic amines) is 1. The van der Waals surface area contributed by atoms with Crippen LogP contribution in [0.15, 0.2) is 33.6 Å². The zero-order chi connectivity index (χ0) is 23.0. The Morgan fingerprint density at radius 2 is 1.72 bits per heavy atom. The third-order valence-electron chi connectivity index (χ3n) is 6.13. The monoisotopic (exact) mass is 529 g/mol. The molecule has 3 N–H and O–H groups in total. The number of carbonyl (C=O) groups excluding carboxylic acids is 3. The molecule has 0 aromatic heterocycles. The fourth-order valence-corrected chi connectivity index (χ4v) is 5.79. The number of fused-ring (bicyclic) bond motifs is 1. The highest BCUT2D eigenvalue weighted by Gasteiger charge is 2.47. The lowest BCUT2D eigenvalue weighted by Gasteiger charge is -2.22. The molecule has 0 radical (unpaired) electrons. The molecule has 1 aliphatic heterocycles. The number of ether oxygens (including phenoxy) is 1. The number of halogens is 1. The van der Waals surface area contributed by atoms with Crippen LogP contribution in [-0.2, 0) is 28.6 Å². The van der Waals surface area contributed by atoms with Gasteiger partial charge in [0, 0.05) is 17.4 Å². The minimum Gasteiger partial charge on any atom is -0.446 e. The Morgan fingerprint density at radius 1 is 1.06 bits per heavy atom. The molecule has 1 aromatic rings. The van der Waals surface area contributed by atoms with E-state index >= 15 is 0 Å². The van der Waals surface area contributed by atoms with E-state index in [-0.39, 0.29) is 24.0 Å². The van der Waals surface area contributed by atoms with Crippen LogP contribution in [0.5, 0.6) is 0 Å². The van der Waals surface area contributed by atoms with Gasteiger partial charge in [-0.3, -0.25) is 13.8 Å². The molecular formula is C20H24BrN3O7S. The molecule has 2 aliphatic carbocycles. The van der Waals surface area contributed by atoms with Gasteiger partial charge in [-0.05, 0) is 55.4 Å². The number of benzene rings is 1. The molecule has 32 heavy (non-hydrogen) atoms. The van der Waals surface area contributed by atoms with Crippen molar-refractivity contribution in [2.75, 3.05) is 13.1 Å². The van der Waals surface area contributed by atoms with E-state index in [9.17, 15) is 22.8 Å². The second-order valence-electron chi connectivity index (χ2n) is 8.43. The van der Waals surface area contributed by atoms with Crippen molar-refractivity contribution in [3.63, 3.8) is 0 Å². The largest absolute Gasteiger partial charge is 0.446 e. The maximum Gasteiger partial charge on any atom is 0.407 e. The van der Waals surface area contributed by atoms with Gasteiger partial charge in [0.1, 0.15) is 18.7 Å². The second-order valence-corrected chi connectivity index (χ2v) is 10.9. The first-order valence-corrected chi connectivity index (χ1v) is 12.5. The summed E-state index contributed by atoms with van der Waals surface area (Å²) in [4.78, 5) is 37.5. The summed E-state index contributed by atoms with van der Waals surface area (Å²) in [5, 5.41) is 2.40. The first-order valence-electron chi connectivity index (χ1n) is 10.3. The van der Waals surface area contributed by atoms with E-state index in [1.165, 1.54) is 18.6 Å². The Hall–Kier alpha value is -2.18. The average molecular weight is 530 g/mol. The maximum atomic E-state index is 12.6. The summed E-state index contributed by atoms with van der Waals surface area (Å²) < 4.78 is 36.3. The SMILES string of the molecule is NC(=O)[C@@H]1C[C@@H](OS(=O)(=O)c2ccc(Br)cc2)CN1C(=O)CNC(=O)O[C@@H]1C[C@@H]2C[C@@H]2C1. The Morgan fingerprint density at radius 3 is 2.34 bits per heavy atom. The van der Waals surface area contributed by atoms with Crippen molar-refractivity contribution in [1.29, 1.82) is 0 Å². The van der Waals surface area contributed by atoms with Gasteiger partial charge in [-0.1, -0.05) is 15.9 Å². The summed E-state index contributed by atoms with van der Waals surface area (Å²) in [6, 6.07) is 4.85. The van der Waals surface area contributed by atoms with Crippen molar-refractivity contribution in [3.05, 3.63) is 28.7 Å². The Labute approximate surface area is 194 Å². The first-order chi connectivity index (χ1) is 15.1. The standard InChI is InChI=1S/C20H24BrN3O7S/c21-13-1-3-16(4-2-13)32(28,29)31-15-8-17(19(22)26)24(10-15)18(25)9-23-20(27)30-14-6-11-5-12(11)7-14/h1-4,11-12,14-15,17H,5-10H2,(H2,22,26)(H,23,27)/t11-,12+,14+,15-,17+/m1/s1. The number of nitrogens with one attached hydrogen (secondary N) is 1. The smallest absolute Gasteiger partial charge is 0.407 e. The number of carbonyl (C=O) groups is 3. The first kappa shape index (κ1) is 23.0. The van der Waals surface area contributed by atoms with Crippen LogP contribution in [0.1, 0.15) is 25.7 Å². The summed E-state index contributed by atoms with van der Waals surface area (Å²) in [7, 11) is -4.10. The molecular weight excluding hydrogens is 506 g/mol. The van der Waals surface area contributed by atoms with Crippen LogP contribution < -0.4 is 11.1 Å². The van der Waals surface area contributed by atoms with Crippen molar-refractivity contribution >= 4 is 44.0 Å². The Balaban J connectivity index is 1.32. The topological polar surface area (TPSA) is 145 Å². The third-order valence-corrected chi connectivity index (χ3v) is 8.04. The lowest BCUT2D eigenvalue weighted by atomic mass is 10.2. The minimum absolute atomic E-state index is 0.0462. The van der Waals surface area contributed by atoms with Crippen molar-refractivity contribution in [1.82, 2.24) is 10.2 Å². The molecule has 12 heteroatoms. The predicted octanol–water partition coefficient (Wildman–Crippen LogP) is 1.13. The van der Waals surface area contributed by atoms with Crippen LogP contribution >= 0.6 is 15.9 Å². The van der Waals surface area contributed by atoms with Gasteiger partial charge < -0.3 is 20.7 Å². The van der Waals surface area contributed by atoms with Crippen LogP contribution in [0.4, 0.5) is 4.79 Å². The molecule has 5 atom stereocenters. The van der Waals surface area contributed by atoms with E-state index < -0.39 is 46.7 Å². The number of amides is 3. The summed E-state index contributed by atoms with van der Waals surface area (Å²) in [5.74, 6) is -0.0487. The van der Waals surface area contributed by atoms with Gasteiger partial charge in [0.15, 0.2) is 0 Å². The number of hydrogen-bond acceptors (Lipinski definition) is 7. The molecule has 3 fully saturated rings. The van der Waals surface area contributed by atoms with E-state index in [0.717, 1.165) is 17.7 Å². The van der Waals surface area contributed by atoms with Gasteiger partial charge in [-0.15, -0.1) is 0 Å². The highest BCUT2D eigenvalue weighted by Crippen LogP contribution is 2.52. The number of rotatable bonds is 7. The number of nitrogens with two attached hydrogens (primary N) is 1. The van der Waals surface area contributed by atoms with Crippen LogP contribution in [0, 0.1) is 11.8 Å². The maximum absolute atomic E-state index is 12.6. The lowest BCUT2D eigenvalue weighted by molar-refractivity contribution is -0.136. The molecule has 1 aromatic carbocycles. The van der Waals surface area contributed by atoms with Crippen molar-refractivity contribution in [3.8, 4) is 0 Å². The van der Waals surface area contributed by atoms with Gasteiger partial charge in [0.05, 0.1) is 11.0 Å². The molecule has 1 heterocycles. The van der Waals surface area contributed by atoms with Crippen molar-refractivity contribution in [2.24, 2.45) is 17.6 Å². The molecule has 10 nitrogen and oxygen atoms in total. The lowest BCUT2D eigenvalue weighted by Crippen LogP contribution is -2.47. The number of alkyl carbamates (subject to hydrolysis) is 1. The molecule has 0 unspecified atom stereocenters. The summed E-state index contributed by atoms with van der Waals surface area (Å²) in [6.07, 6.45) is 1.09. The quantitative estimate of drug-likeness (QED) is 0.503. The molecule has 4 rings (SSSR count). The van der Waals surface area contributed by atoms with E-state index in [1.54, 1.807) is 12.1 Å². The van der Waals surface area contributed by atoms with Gasteiger partial charge in [-0.25, -0.2) is 4.79 Å². The zero-order valence-electron chi connectivity index (χ0n) is 17.1. The van der Waals surface area contributed by atoms with Gasteiger partial charge in [0.25, 0.3) is 10.1 Å². The molecule has 0 bridgehead atoms. The van der Waals surface area contributed by atoms with Gasteiger partial charge in [-0.2, -0.15) is 8.42 Å². The van der Waals surface area contributed by atoms with Crippen LogP contribution in [0.3, 0.4) is 0 Å². The number of nitrogens with zero attached hydrogens (tertiary/aromatic N) is 1. The highest BCUT2D eigenvalue weighted by molar-refractivity contribution is 9.10. The van der Waals surface area contributed by atoms with E-state index in [2.05, 4.69) is 21.2 Å². The third kappa shape index (κ3) is 5.24. The van der Waals surface area contributed by atoms with Crippen LogP contribution in [0.25, 0.3) is 0 Å². The van der Waals surface area contributed by atoms with E-state index in [1.807, 2.05) is 0 Å². The summed E-state index contributed by atoms with van der Waals surface area (Å²) in [5.41, 5.74) is 5.41. The molecule has 0 spiro atoms. The van der Waals surface area contributed by atoms with Gasteiger partial charge in [0.2, 0.25) is 11.8 Å². The van der Waals surface area contributed by atoms with Crippen LogP contribution in [0.2, 0.25) is 0 Å². The van der Waals surface area contributed by atoms with E-state index in [4.69, 9.17) is 14.7 Å². The highest BCUT2D eigenvalue weighted by atomic mass is 79.9.